The summed E-state index contributed by atoms with van der Waals surface area (Å²) in [7, 11) is 0. The van der Waals surface area contributed by atoms with Gasteiger partial charge in [-0.05, 0) is 19.3 Å². The number of nitrogens with zero attached hydrogens (tertiary/aromatic N) is 2. The fraction of sp³-hybridized carbons (Fsp3) is 0.700. The van der Waals surface area contributed by atoms with E-state index in [0.717, 1.165) is 6.42 Å². The number of hydrazone groups is 1. The van der Waals surface area contributed by atoms with E-state index in [2.05, 4.69) is 18.6 Å². The molecular formula is C10H18N2. The van der Waals surface area contributed by atoms with E-state index in [1.54, 1.807) is 0 Å². The maximum absolute atomic E-state index is 4.33. The summed E-state index contributed by atoms with van der Waals surface area (Å²) in [6.07, 6.45) is 10.0. The van der Waals surface area contributed by atoms with Crippen molar-refractivity contribution in [2.24, 2.45) is 5.10 Å². The molecule has 0 unspecified atom stereocenters. The second-order valence-corrected chi connectivity index (χ2v) is 3.21. The highest BCUT2D eigenvalue weighted by atomic mass is 15.5. The van der Waals surface area contributed by atoms with Crippen molar-refractivity contribution in [1.29, 1.82) is 0 Å². The molecule has 0 radical (unpaired) electrons. The Morgan fingerprint density at radius 2 is 2.17 bits per heavy atom. The minimum absolute atomic E-state index is 0.616. The van der Waals surface area contributed by atoms with Crippen molar-refractivity contribution in [2.45, 2.75) is 45.1 Å². The quantitative estimate of drug-likeness (QED) is 0.463. The van der Waals surface area contributed by atoms with E-state index in [1.165, 1.54) is 25.7 Å². The van der Waals surface area contributed by atoms with Gasteiger partial charge in [-0.3, -0.25) is 5.01 Å². The van der Waals surface area contributed by atoms with Crippen LogP contribution in [0.3, 0.4) is 0 Å². The van der Waals surface area contributed by atoms with Gasteiger partial charge >= 0.3 is 0 Å². The van der Waals surface area contributed by atoms with E-state index >= 15 is 0 Å². The van der Waals surface area contributed by atoms with Crippen LogP contribution in [0.15, 0.2) is 17.9 Å². The average molecular weight is 166 g/mol. The van der Waals surface area contributed by atoms with E-state index in [1.807, 2.05) is 17.4 Å². The third kappa shape index (κ3) is 2.36. The van der Waals surface area contributed by atoms with Crippen LogP contribution in [0.2, 0.25) is 0 Å². The summed E-state index contributed by atoms with van der Waals surface area (Å²) in [5.41, 5.74) is 0. The summed E-state index contributed by atoms with van der Waals surface area (Å²) in [6.45, 7) is 5.87. The molecular weight excluding hydrogens is 148 g/mol. The zero-order chi connectivity index (χ0) is 8.81. The summed E-state index contributed by atoms with van der Waals surface area (Å²) in [5.74, 6) is 0. The highest BCUT2D eigenvalue weighted by molar-refractivity contribution is 5.56. The second-order valence-electron chi connectivity index (χ2n) is 3.21. The Kier molecular flexibility index (Phi) is 3.85. The molecule has 1 aliphatic rings. The summed E-state index contributed by atoms with van der Waals surface area (Å²) in [5, 5.41) is 6.34. The second kappa shape index (κ2) is 4.96. The van der Waals surface area contributed by atoms with Crippen LogP contribution in [-0.4, -0.2) is 17.3 Å². The lowest BCUT2D eigenvalue weighted by Crippen LogP contribution is -2.22. The lowest BCUT2D eigenvalue weighted by atomic mass is 10.2. The first-order chi connectivity index (χ1) is 5.88. The monoisotopic (exact) mass is 166 g/mol. The molecule has 0 aromatic rings. The molecule has 0 aromatic carbocycles. The first kappa shape index (κ1) is 9.30. The van der Waals surface area contributed by atoms with Crippen molar-refractivity contribution in [3.63, 3.8) is 0 Å². The van der Waals surface area contributed by atoms with Crippen LogP contribution in [0.25, 0.3) is 0 Å². The van der Waals surface area contributed by atoms with Crippen molar-refractivity contribution in [3.05, 3.63) is 12.8 Å². The zero-order valence-electron chi connectivity index (χ0n) is 7.87. The number of hydrogen-bond acceptors (Lipinski definition) is 2. The van der Waals surface area contributed by atoms with Crippen LogP contribution in [0.5, 0.6) is 0 Å². The summed E-state index contributed by atoms with van der Waals surface area (Å²) in [6, 6.07) is 0.616. The fourth-order valence-electron chi connectivity index (χ4n) is 1.64. The first-order valence-corrected chi connectivity index (χ1v) is 4.81. The molecule has 1 fully saturated rings. The standard InChI is InChI=1S/C10H18N2/c1-3-9-11-12(4-2)10-7-5-6-8-10/h4,9-10H,2-3,5-8H2,1H3/b11-9-. The molecule has 0 amide bonds. The molecule has 0 spiro atoms. The molecule has 68 valence electrons. The SMILES string of the molecule is C=CN(/N=C\CC)C1CCCC1. The van der Waals surface area contributed by atoms with Crippen LogP contribution in [0.1, 0.15) is 39.0 Å². The summed E-state index contributed by atoms with van der Waals surface area (Å²) in [4.78, 5) is 0. The molecule has 2 nitrogen and oxygen atoms in total. The van der Waals surface area contributed by atoms with Crippen LogP contribution in [-0.2, 0) is 0 Å². The van der Waals surface area contributed by atoms with Gasteiger partial charge in [-0.25, -0.2) is 0 Å². The van der Waals surface area contributed by atoms with Crippen LogP contribution in [0.4, 0.5) is 0 Å². The van der Waals surface area contributed by atoms with Gasteiger partial charge in [0.2, 0.25) is 0 Å². The molecule has 0 aromatic heterocycles. The van der Waals surface area contributed by atoms with E-state index in [-0.39, 0.29) is 0 Å². The third-order valence-electron chi connectivity index (χ3n) is 2.28. The Labute approximate surface area is 75.0 Å². The predicted octanol–water partition coefficient (Wildman–Crippen LogP) is 2.77. The average Bonchev–Trinajstić information content (AvgIpc) is 2.59. The van der Waals surface area contributed by atoms with Crippen LogP contribution in [0, 0.1) is 0 Å². The number of rotatable bonds is 4. The van der Waals surface area contributed by atoms with Gasteiger partial charge in [-0.2, -0.15) is 5.10 Å². The van der Waals surface area contributed by atoms with Gasteiger partial charge in [0.05, 0.1) is 6.04 Å². The van der Waals surface area contributed by atoms with Crippen LogP contribution < -0.4 is 0 Å². The molecule has 0 atom stereocenters. The Hall–Kier alpha value is -0.790. The highest BCUT2D eigenvalue weighted by Crippen LogP contribution is 2.23. The molecule has 0 bridgehead atoms. The Morgan fingerprint density at radius 3 is 2.67 bits per heavy atom. The smallest absolute Gasteiger partial charge is 0.0518 e. The minimum Gasteiger partial charge on any atom is -0.271 e. The molecule has 1 saturated carbocycles. The minimum atomic E-state index is 0.616. The Balaban J connectivity index is 2.42. The highest BCUT2D eigenvalue weighted by Gasteiger charge is 2.18. The van der Waals surface area contributed by atoms with Crippen molar-refractivity contribution >= 4 is 6.21 Å². The molecule has 1 rings (SSSR count). The van der Waals surface area contributed by atoms with Crippen molar-refractivity contribution in [3.8, 4) is 0 Å². The van der Waals surface area contributed by atoms with Crippen molar-refractivity contribution < 1.29 is 0 Å². The van der Waals surface area contributed by atoms with Crippen LogP contribution >= 0.6 is 0 Å². The van der Waals surface area contributed by atoms with Gasteiger partial charge in [0.1, 0.15) is 0 Å². The molecule has 0 saturated heterocycles. The first-order valence-electron chi connectivity index (χ1n) is 4.81. The predicted molar refractivity (Wildman–Crippen MR) is 53.1 cm³/mol. The summed E-state index contributed by atoms with van der Waals surface area (Å²) < 4.78 is 0. The van der Waals surface area contributed by atoms with Gasteiger partial charge in [0.15, 0.2) is 0 Å². The zero-order valence-corrected chi connectivity index (χ0v) is 7.87. The largest absolute Gasteiger partial charge is 0.271 e. The summed E-state index contributed by atoms with van der Waals surface area (Å²) >= 11 is 0. The Bertz CT molecular complexity index is 157. The number of hydrogen-bond donors (Lipinski definition) is 0. The molecule has 0 aliphatic heterocycles. The molecule has 12 heavy (non-hydrogen) atoms. The maximum atomic E-state index is 4.33. The fourth-order valence-corrected chi connectivity index (χ4v) is 1.64. The third-order valence-corrected chi connectivity index (χ3v) is 2.28. The van der Waals surface area contributed by atoms with Crippen molar-refractivity contribution in [1.82, 2.24) is 5.01 Å². The van der Waals surface area contributed by atoms with E-state index < -0.39 is 0 Å². The van der Waals surface area contributed by atoms with Gasteiger partial charge in [-0.15, -0.1) is 0 Å². The maximum Gasteiger partial charge on any atom is 0.0518 e. The van der Waals surface area contributed by atoms with E-state index in [9.17, 15) is 0 Å². The molecule has 1 aliphatic carbocycles. The molecule has 0 N–H and O–H groups in total. The lowest BCUT2D eigenvalue weighted by molar-refractivity contribution is 0.294. The topological polar surface area (TPSA) is 15.6 Å². The molecule has 2 heteroatoms. The van der Waals surface area contributed by atoms with Gasteiger partial charge in [0, 0.05) is 12.4 Å². The lowest BCUT2D eigenvalue weighted by Gasteiger charge is -2.20. The normalized spacial score (nSPS) is 18.8. The van der Waals surface area contributed by atoms with Gasteiger partial charge in [-0.1, -0.05) is 26.3 Å². The Morgan fingerprint density at radius 1 is 1.50 bits per heavy atom. The van der Waals surface area contributed by atoms with Crippen molar-refractivity contribution in [2.75, 3.05) is 0 Å². The molecule has 0 heterocycles. The van der Waals surface area contributed by atoms with Gasteiger partial charge in [0.25, 0.3) is 0 Å². The van der Waals surface area contributed by atoms with E-state index in [4.69, 9.17) is 0 Å². The van der Waals surface area contributed by atoms with E-state index in [0.29, 0.717) is 6.04 Å². The van der Waals surface area contributed by atoms with Gasteiger partial charge < -0.3 is 0 Å².